The van der Waals surface area contributed by atoms with Crippen LogP contribution in [-0.2, 0) is 0 Å². The standard InChI is InChI=1S/C28H28N2/c1-19-13-21(3)27(22(4)14-19)26-17-30(18-29-26)28-23(5)15-20(2)16-25(28)12-11-24-9-7-6-8-10-24/h6-10,13-16,18,26H,17H2,1-5H3. The molecule has 2 heteroatoms. The summed E-state index contributed by atoms with van der Waals surface area (Å²) < 4.78 is 0. The molecule has 0 spiro atoms. The summed E-state index contributed by atoms with van der Waals surface area (Å²) in [5.74, 6) is 6.75. The zero-order valence-electron chi connectivity index (χ0n) is 18.5. The lowest BCUT2D eigenvalue weighted by Crippen LogP contribution is -2.22. The first-order valence-corrected chi connectivity index (χ1v) is 10.5. The number of aliphatic imine (C=N–C) groups is 1. The highest BCUT2D eigenvalue weighted by Gasteiger charge is 2.25. The van der Waals surface area contributed by atoms with E-state index in [4.69, 9.17) is 4.99 Å². The summed E-state index contributed by atoms with van der Waals surface area (Å²) in [6, 6.07) is 19.2. The van der Waals surface area contributed by atoms with E-state index in [-0.39, 0.29) is 6.04 Å². The molecular weight excluding hydrogens is 364 g/mol. The highest BCUT2D eigenvalue weighted by atomic mass is 15.2. The molecule has 1 unspecified atom stereocenters. The molecule has 0 radical (unpaired) electrons. The second-order valence-corrected chi connectivity index (χ2v) is 8.34. The average molecular weight is 393 g/mol. The number of hydrogen-bond donors (Lipinski definition) is 0. The van der Waals surface area contributed by atoms with Crippen molar-refractivity contribution in [3.63, 3.8) is 0 Å². The van der Waals surface area contributed by atoms with E-state index in [1.54, 1.807) is 0 Å². The van der Waals surface area contributed by atoms with Gasteiger partial charge in [-0.3, -0.25) is 4.99 Å². The number of hydrogen-bond acceptors (Lipinski definition) is 2. The largest absolute Gasteiger partial charge is 0.329 e. The first kappa shape index (κ1) is 20.0. The van der Waals surface area contributed by atoms with Gasteiger partial charge in [0.2, 0.25) is 0 Å². The van der Waals surface area contributed by atoms with Crippen molar-refractivity contribution in [2.75, 3.05) is 11.4 Å². The molecule has 0 fully saturated rings. The van der Waals surface area contributed by atoms with Crippen LogP contribution in [0.25, 0.3) is 0 Å². The summed E-state index contributed by atoms with van der Waals surface area (Å²) >= 11 is 0. The second-order valence-electron chi connectivity index (χ2n) is 8.34. The van der Waals surface area contributed by atoms with Gasteiger partial charge in [0.15, 0.2) is 0 Å². The smallest absolute Gasteiger partial charge is 0.0951 e. The molecule has 1 aliphatic heterocycles. The highest BCUT2D eigenvalue weighted by molar-refractivity contribution is 5.86. The Kier molecular flexibility index (Phi) is 5.46. The molecule has 2 nitrogen and oxygen atoms in total. The van der Waals surface area contributed by atoms with Crippen molar-refractivity contribution in [1.82, 2.24) is 0 Å². The molecular formula is C28H28N2. The van der Waals surface area contributed by atoms with Crippen molar-refractivity contribution in [3.8, 4) is 11.8 Å². The summed E-state index contributed by atoms with van der Waals surface area (Å²) in [5, 5.41) is 0. The first-order valence-electron chi connectivity index (χ1n) is 10.5. The van der Waals surface area contributed by atoms with Crippen LogP contribution in [0, 0.1) is 46.5 Å². The molecule has 1 atom stereocenters. The minimum atomic E-state index is 0.154. The molecule has 30 heavy (non-hydrogen) atoms. The maximum atomic E-state index is 4.89. The topological polar surface area (TPSA) is 15.6 Å². The van der Waals surface area contributed by atoms with Crippen LogP contribution in [0.5, 0.6) is 0 Å². The fourth-order valence-electron chi connectivity index (χ4n) is 4.57. The van der Waals surface area contributed by atoms with Gasteiger partial charge in [-0.15, -0.1) is 0 Å². The number of anilines is 1. The lowest BCUT2D eigenvalue weighted by molar-refractivity contribution is 0.766. The van der Waals surface area contributed by atoms with Gasteiger partial charge >= 0.3 is 0 Å². The Hall–Kier alpha value is -3.31. The Labute approximate surface area is 180 Å². The van der Waals surface area contributed by atoms with E-state index in [0.29, 0.717) is 0 Å². The van der Waals surface area contributed by atoms with E-state index < -0.39 is 0 Å². The van der Waals surface area contributed by atoms with Gasteiger partial charge in [0, 0.05) is 11.1 Å². The Bertz CT molecular complexity index is 1150. The Balaban J connectivity index is 1.69. The van der Waals surface area contributed by atoms with Gasteiger partial charge in [0.1, 0.15) is 0 Å². The normalized spacial score (nSPS) is 15.2. The maximum absolute atomic E-state index is 4.89. The molecule has 150 valence electrons. The second kappa shape index (κ2) is 8.20. The van der Waals surface area contributed by atoms with Crippen LogP contribution in [0.2, 0.25) is 0 Å². The summed E-state index contributed by atoms with van der Waals surface area (Å²) in [6.07, 6.45) is 1.99. The fourth-order valence-corrected chi connectivity index (χ4v) is 4.57. The van der Waals surface area contributed by atoms with Crippen molar-refractivity contribution in [1.29, 1.82) is 0 Å². The minimum absolute atomic E-state index is 0.154. The molecule has 3 aromatic carbocycles. The van der Waals surface area contributed by atoms with Crippen LogP contribution in [-0.4, -0.2) is 12.9 Å². The zero-order chi connectivity index (χ0) is 21.3. The minimum Gasteiger partial charge on any atom is -0.329 e. The van der Waals surface area contributed by atoms with Crippen molar-refractivity contribution >= 4 is 12.0 Å². The number of aryl methyl sites for hydroxylation is 5. The summed E-state index contributed by atoms with van der Waals surface area (Å²) in [7, 11) is 0. The molecule has 1 heterocycles. The molecule has 3 aromatic rings. The van der Waals surface area contributed by atoms with Crippen LogP contribution in [0.4, 0.5) is 5.69 Å². The lowest BCUT2D eigenvalue weighted by Gasteiger charge is -2.22. The van der Waals surface area contributed by atoms with Crippen molar-refractivity contribution < 1.29 is 0 Å². The molecule has 0 saturated heterocycles. The average Bonchev–Trinajstić information content (AvgIpc) is 3.15. The van der Waals surface area contributed by atoms with Gasteiger partial charge in [0.25, 0.3) is 0 Å². The van der Waals surface area contributed by atoms with E-state index in [1.807, 2.05) is 36.7 Å². The summed E-state index contributed by atoms with van der Waals surface area (Å²) in [4.78, 5) is 7.16. The monoisotopic (exact) mass is 392 g/mol. The van der Waals surface area contributed by atoms with Gasteiger partial charge in [-0.25, -0.2) is 0 Å². The third-order valence-corrected chi connectivity index (χ3v) is 5.67. The summed E-state index contributed by atoms with van der Waals surface area (Å²) in [5.41, 5.74) is 11.0. The van der Waals surface area contributed by atoms with E-state index in [9.17, 15) is 0 Å². The highest BCUT2D eigenvalue weighted by Crippen LogP contribution is 2.34. The molecule has 1 aliphatic rings. The van der Waals surface area contributed by atoms with Crippen LogP contribution >= 0.6 is 0 Å². The van der Waals surface area contributed by atoms with E-state index in [0.717, 1.165) is 23.4 Å². The van der Waals surface area contributed by atoms with E-state index in [2.05, 4.69) is 75.6 Å². The van der Waals surface area contributed by atoms with Gasteiger partial charge in [-0.2, -0.15) is 0 Å². The van der Waals surface area contributed by atoms with Crippen molar-refractivity contribution in [3.05, 3.63) is 99.1 Å². The Morgan fingerprint density at radius 2 is 1.43 bits per heavy atom. The van der Waals surface area contributed by atoms with Crippen molar-refractivity contribution in [2.24, 2.45) is 4.99 Å². The van der Waals surface area contributed by atoms with Crippen LogP contribution in [0.1, 0.15) is 50.5 Å². The molecule has 0 aromatic heterocycles. The lowest BCUT2D eigenvalue weighted by atomic mass is 9.94. The predicted molar refractivity (Wildman–Crippen MR) is 128 cm³/mol. The molecule has 4 rings (SSSR count). The molecule has 0 aliphatic carbocycles. The Morgan fingerprint density at radius 1 is 0.800 bits per heavy atom. The van der Waals surface area contributed by atoms with Gasteiger partial charge in [-0.1, -0.05) is 53.8 Å². The zero-order valence-corrected chi connectivity index (χ0v) is 18.5. The van der Waals surface area contributed by atoms with E-state index >= 15 is 0 Å². The van der Waals surface area contributed by atoms with E-state index in [1.165, 1.54) is 33.4 Å². The molecule has 0 bridgehead atoms. The van der Waals surface area contributed by atoms with Crippen LogP contribution < -0.4 is 4.90 Å². The Morgan fingerprint density at radius 3 is 2.13 bits per heavy atom. The maximum Gasteiger partial charge on any atom is 0.0951 e. The molecule has 0 saturated carbocycles. The fraction of sp³-hybridized carbons (Fsp3) is 0.250. The first-order chi connectivity index (χ1) is 14.4. The van der Waals surface area contributed by atoms with Gasteiger partial charge < -0.3 is 4.90 Å². The number of nitrogens with zero attached hydrogens (tertiary/aromatic N) is 2. The third kappa shape index (κ3) is 4.02. The third-order valence-electron chi connectivity index (χ3n) is 5.67. The van der Waals surface area contributed by atoms with Crippen LogP contribution in [0.15, 0.2) is 59.6 Å². The molecule has 0 amide bonds. The van der Waals surface area contributed by atoms with Gasteiger partial charge in [-0.05, 0) is 80.6 Å². The SMILES string of the molecule is Cc1cc(C)c(C2CN(c3c(C)cc(C)cc3C#Cc3ccccc3)C=N2)c(C)c1. The van der Waals surface area contributed by atoms with Gasteiger partial charge in [0.05, 0.1) is 24.6 Å². The summed E-state index contributed by atoms with van der Waals surface area (Å²) in [6.45, 7) is 11.7. The predicted octanol–water partition coefficient (Wildman–Crippen LogP) is 6.22. The van der Waals surface area contributed by atoms with Crippen LogP contribution in [0.3, 0.4) is 0 Å². The number of benzene rings is 3. The molecule has 0 N–H and O–H groups in total. The van der Waals surface area contributed by atoms with Crippen molar-refractivity contribution in [2.45, 2.75) is 40.7 Å². The quantitative estimate of drug-likeness (QED) is 0.473. The number of rotatable bonds is 2.